The number of nitrogens with one attached hydrogen (secondary N) is 1. The maximum absolute atomic E-state index is 12.8. The Kier molecular flexibility index (Phi) is 4.98. The molecule has 0 spiro atoms. The second-order valence-electron chi connectivity index (χ2n) is 4.68. The van der Waals surface area contributed by atoms with Crippen LogP contribution in [0.4, 0.5) is 0 Å². The lowest BCUT2D eigenvalue weighted by molar-refractivity contribution is 0.0519. The van der Waals surface area contributed by atoms with Crippen molar-refractivity contribution in [3.8, 4) is 0 Å². The zero-order chi connectivity index (χ0) is 16.3. The number of carbonyl (C=O) groups is 2. The Morgan fingerprint density at radius 3 is 2.73 bits per heavy atom. The molecule has 1 heterocycles. The van der Waals surface area contributed by atoms with Crippen LogP contribution in [0.5, 0.6) is 0 Å². The summed E-state index contributed by atoms with van der Waals surface area (Å²) < 4.78 is 5.82. The van der Waals surface area contributed by atoms with Gasteiger partial charge in [-0.3, -0.25) is 4.79 Å². The summed E-state index contributed by atoms with van der Waals surface area (Å²) in [5.41, 5.74) is 2.35. The number of aromatic amines is 1. The molecule has 0 amide bonds. The molecule has 4 nitrogen and oxygen atoms in total. The molecule has 0 fully saturated rings. The number of aromatic nitrogens is 1. The standard InChI is InChI=1S/C17H16BrNO3/c1-4-13-14(10(3)15(19-13)17(21)22-5-2)16(20)11-7-6-8-12(18)9-11/h4,6-9,19H,1,5H2,2-3H3. The summed E-state index contributed by atoms with van der Waals surface area (Å²) in [7, 11) is 0. The van der Waals surface area contributed by atoms with E-state index in [9.17, 15) is 9.59 Å². The van der Waals surface area contributed by atoms with Gasteiger partial charge in [-0.15, -0.1) is 0 Å². The largest absolute Gasteiger partial charge is 0.461 e. The Morgan fingerprint density at radius 1 is 1.41 bits per heavy atom. The smallest absolute Gasteiger partial charge is 0.355 e. The zero-order valence-electron chi connectivity index (χ0n) is 12.4. The number of ether oxygens (including phenoxy) is 1. The summed E-state index contributed by atoms with van der Waals surface area (Å²) >= 11 is 3.35. The Labute approximate surface area is 137 Å². The van der Waals surface area contributed by atoms with Crippen LogP contribution in [0.15, 0.2) is 35.3 Å². The number of rotatable bonds is 5. The fraction of sp³-hybridized carbons (Fsp3) is 0.176. The van der Waals surface area contributed by atoms with Crippen LogP contribution in [0.25, 0.3) is 6.08 Å². The monoisotopic (exact) mass is 361 g/mol. The van der Waals surface area contributed by atoms with Gasteiger partial charge in [-0.1, -0.05) is 34.6 Å². The highest BCUT2D eigenvalue weighted by Crippen LogP contribution is 2.24. The van der Waals surface area contributed by atoms with Crippen molar-refractivity contribution in [1.82, 2.24) is 4.98 Å². The van der Waals surface area contributed by atoms with Gasteiger partial charge in [0, 0.05) is 15.7 Å². The molecule has 1 aromatic heterocycles. The van der Waals surface area contributed by atoms with Crippen molar-refractivity contribution < 1.29 is 14.3 Å². The summed E-state index contributed by atoms with van der Waals surface area (Å²) in [6.45, 7) is 7.43. The summed E-state index contributed by atoms with van der Waals surface area (Å²) in [4.78, 5) is 27.6. The number of carbonyl (C=O) groups excluding carboxylic acids is 2. The van der Waals surface area contributed by atoms with Crippen molar-refractivity contribution in [2.45, 2.75) is 13.8 Å². The maximum atomic E-state index is 12.8. The molecule has 2 aromatic rings. The fourth-order valence-corrected chi connectivity index (χ4v) is 2.64. The molecule has 0 radical (unpaired) electrons. The van der Waals surface area contributed by atoms with E-state index in [-0.39, 0.29) is 18.1 Å². The highest BCUT2D eigenvalue weighted by atomic mass is 79.9. The summed E-state index contributed by atoms with van der Waals surface area (Å²) in [6, 6.07) is 7.11. The van der Waals surface area contributed by atoms with Gasteiger partial charge in [-0.2, -0.15) is 0 Å². The van der Waals surface area contributed by atoms with Crippen LogP contribution in [0, 0.1) is 6.92 Å². The lowest BCUT2D eigenvalue weighted by Crippen LogP contribution is -2.08. The predicted octanol–water partition coefficient (Wildman–Crippen LogP) is 4.14. The van der Waals surface area contributed by atoms with Gasteiger partial charge in [0.1, 0.15) is 5.69 Å². The minimum atomic E-state index is -0.476. The van der Waals surface area contributed by atoms with E-state index in [1.165, 1.54) is 6.08 Å². The normalized spacial score (nSPS) is 10.3. The average molecular weight is 362 g/mol. The van der Waals surface area contributed by atoms with E-state index in [1.54, 1.807) is 32.0 Å². The number of hydrogen-bond acceptors (Lipinski definition) is 3. The number of H-pyrrole nitrogens is 1. The lowest BCUT2D eigenvalue weighted by Gasteiger charge is -2.04. The molecule has 1 N–H and O–H groups in total. The predicted molar refractivity (Wildman–Crippen MR) is 89.2 cm³/mol. The Hall–Kier alpha value is -2.14. The quantitative estimate of drug-likeness (QED) is 0.643. The fourth-order valence-electron chi connectivity index (χ4n) is 2.25. The van der Waals surface area contributed by atoms with Gasteiger partial charge < -0.3 is 9.72 Å². The minimum absolute atomic E-state index is 0.166. The SMILES string of the molecule is C=Cc1[nH]c(C(=O)OCC)c(C)c1C(=O)c1cccc(Br)c1. The van der Waals surface area contributed by atoms with Gasteiger partial charge >= 0.3 is 5.97 Å². The zero-order valence-corrected chi connectivity index (χ0v) is 14.0. The van der Waals surface area contributed by atoms with Crippen LogP contribution < -0.4 is 0 Å². The highest BCUT2D eigenvalue weighted by molar-refractivity contribution is 9.10. The van der Waals surface area contributed by atoms with Gasteiger partial charge in [-0.05, 0) is 37.6 Å². The Balaban J connectivity index is 2.52. The molecular formula is C17H16BrNO3. The lowest BCUT2D eigenvalue weighted by atomic mass is 9.99. The number of ketones is 1. The first-order valence-electron chi connectivity index (χ1n) is 6.82. The van der Waals surface area contributed by atoms with Gasteiger partial charge in [-0.25, -0.2) is 4.79 Å². The number of benzene rings is 1. The van der Waals surface area contributed by atoms with Crippen LogP contribution in [0.1, 0.15) is 44.6 Å². The van der Waals surface area contributed by atoms with Gasteiger partial charge in [0.25, 0.3) is 0 Å². The second kappa shape index (κ2) is 6.75. The minimum Gasteiger partial charge on any atom is -0.461 e. The molecule has 0 saturated carbocycles. The first-order chi connectivity index (χ1) is 10.5. The first kappa shape index (κ1) is 16.2. The third kappa shape index (κ3) is 3.04. The van der Waals surface area contributed by atoms with E-state index in [1.807, 2.05) is 6.07 Å². The van der Waals surface area contributed by atoms with Crippen molar-refractivity contribution in [3.05, 3.63) is 63.4 Å². The molecular weight excluding hydrogens is 346 g/mol. The molecule has 0 aliphatic rings. The van der Waals surface area contributed by atoms with E-state index >= 15 is 0 Å². The highest BCUT2D eigenvalue weighted by Gasteiger charge is 2.24. The molecule has 2 rings (SSSR count). The first-order valence-corrected chi connectivity index (χ1v) is 7.61. The third-order valence-corrected chi connectivity index (χ3v) is 3.77. The number of esters is 1. The van der Waals surface area contributed by atoms with E-state index in [4.69, 9.17) is 4.74 Å². The van der Waals surface area contributed by atoms with Crippen LogP contribution >= 0.6 is 15.9 Å². The molecule has 114 valence electrons. The number of hydrogen-bond donors (Lipinski definition) is 1. The van der Waals surface area contributed by atoms with Crippen molar-refractivity contribution in [2.75, 3.05) is 6.61 Å². The van der Waals surface area contributed by atoms with E-state index < -0.39 is 5.97 Å². The summed E-state index contributed by atoms with van der Waals surface area (Å²) in [5, 5.41) is 0. The maximum Gasteiger partial charge on any atom is 0.355 e. The van der Waals surface area contributed by atoms with Crippen molar-refractivity contribution in [1.29, 1.82) is 0 Å². The molecule has 1 aromatic carbocycles. The Bertz CT molecular complexity index is 746. The molecule has 0 unspecified atom stereocenters. The summed E-state index contributed by atoms with van der Waals surface area (Å²) in [5.74, 6) is -0.642. The van der Waals surface area contributed by atoms with E-state index in [2.05, 4.69) is 27.5 Å². The van der Waals surface area contributed by atoms with Crippen LogP contribution in [0.2, 0.25) is 0 Å². The van der Waals surface area contributed by atoms with Gasteiger partial charge in [0.2, 0.25) is 0 Å². The van der Waals surface area contributed by atoms with Crippen molar-refractivity contribution in [3.63, 3.8) is 0 Å². The van der Waals surface area contributed by atoms with Crippen molar-refractivity contribution >= 4 is 33.8 Å². The van der Waals surface area contributed by atoms with Gasteiger partial charge in [0.15, 0.2) is 5.78 Å². The molecule has 5 heteroatoms. The van der Waals surface area contributed by atoms with E-state index in [0.29, 0.717) is 22.4 Å². The van der Waals surface area contributed by atoms with Crippen LogP contribution in [0.3, 0.4) is 0 Å². The molecule has 0 aliphatic heterocycles. The molecule has 0 aliphatic carbocycles. The third-order valence-electron chi connectivity index (χ3n) is 3.28. The van der Waals surface area contributed by atoms with Gasteiger partial charge in [0.05, 0.1) is 12.2 Å². The van der Waals surface area contributed by atoms with Crippen LogP contribution in [-0.2, 0) is 4.74 Å². The average Bonchev–Trinajstić information content (AvgIpc) is 2.83. The molecule has 0 bridgehead atoms. The number of halogens is 1. The molecule has 0 saturated heterocycles. The van der Waals surface area contributed by atoms with Crippen molar-refractivity contribution in [2.24, 2.45) is 0 Å². The summed E-state index contributed by atoms with van der Waals surface area (Å²) in [6.07, 6.45) is 1.53. The topological polar surface area (TPSA) is 59.2 Å². The second-order valence-corrected chi connectivity index (χ2v) is 5.59. The molecule has 0 atom stereocenters. The Morgan fingerprint density at radius 2 is 2.14 bits per heavy atom. The van der Waals surface area contributed by atoms with Crippen LogP contribution in [-0.4, -0.2) is 23.3 Å². The van der Waals surface area contributed by atoms with E-state index in [0.717, 1.165) is 4.47 Å². The molecule has 22 heavy (non-hydrogen) atoms.